The van der Waals surface area contributed by atoms with Gasteiger partial charge in [-0.25, -0.2) is 0 Å². The number of likely N-dealkylation sites (tertiary alicyclic amines) is 1. The lowest BCUT2D eigenvalue weighted by molar-refractivity contribution is 0.0280. The number of benzene rings is 1. The first kappa shape index (κ1) is 14.9. The smallest absolute Gasteiger partial charge is 0.254 e. The summed E-state index contributed by atoms with van der Waals surface area (Å²) in [5.41, 5.74) is 1.63. The van der Waals surface area contributed by atoms with Crippen molar-refractivity contribution < 1.29 is 14.6 Å². The Labute approximate surface area is 120 Å². The summed E-state index contributed by atoms with van der Waals surface area (Å²) in [4.78, 5) is 14.5. The molecule has 1 heterocycles. The molecular weight excluding hydrogens is 254 g/mol. The minimum absolute atomic E-state index is 0.0195. The van der Waals surface area contributed by atoms with E-state index in [1.54, 1.807) is 25.0 Å². The van der Waals surface area contributed by atoms with Crippen molar-refractivity contribution in [3.05, 3.63) is 29.3 Å². The van der Waals surface area contributed by atoms with Gasteiger partial charge in [0.1, 0.15) is 5.75 Å². The predicted octanol–water partition coefficient (Wildman–Crippen LogP) is 2.38. The Morgan fingerprint density at radius 1 is 1.45 bits per heavy atom. The summed E-state index contributed by atoms with van der Waals surface area (Å²) < 4.78 is 5.28. The van der Waals surface area contributed by atoms with Gasteiger partial charge in [0.05, 0.1) is 19.3 Å². The summed E-state index contributed by atoms with van der Waals surface area (Å²) in [6.07, 6.45) is 2.44. The van der Waals surface area contributed by atoms with E-state index in [0.717, 1.165) is 30.6 Å². The van der Waals surface area contributed by atoms with Crippen molar-refractivity contribution >= 4 is 5.91 Å². The second-order valence-electron chi connectivity index (χ2n) is 5.49. The normalized spacial score (nSPS) is 20.6. The highest BCUT2D eigenvalue weighted by molar-refractivity contribution is 5.95. The molecule has 110 valence electrons. The fraction of sp³-hybridized carbons (Fsp3) is 0.562. The van der Waals surface area contributed by atoms with Gasteiger partial charge in [-0.05, 0) is 50.8 Å². The zero-order valence-electron chi connectivity index (χ0n) is 12.4. The Morgan fingerprint density at radius 2 is 2.20 bits per heavy atom. The number of hydrogen-bond donors (Lipinski definition) is 1. The van der Waals surface area contributed by atoms with E-state index in [9.17, 15) is 9.90 Å². The maximum absolute atomic E-state index is 12.7. The fourth-order valence-corrected chi connectivity index (χ4v) is 2.83. The number of aliphatic hydroxyl groups is 1. The number of hydrogen-bond acceptors (Lipinski definition) is 3. The topological polar surface area (TPSA) is 49.8 Å². The van der Waals surface area contributed by atoms with E-state index in [1.807, 2.05) is 19.1 Å². The van der Waals surface area contributed by atoms with E-state index in [-0.39, 0.29) is 11.9 Å². The Balaban J connectivity index is 2.25. The van der Waals surface area contributed by atoms with E-state index >= 15 is 0 Å². The van der Waals surface area contributed by atoms with Gasteiger partial charge in [0.25, 0.3) is 5.91 Å². The number of aryl methyl sites for hydroxylation is 1. The Morgan fingerprint density at radius 3 is 2.85 bits per heavy atom. The summed E-state index contributed by atoms with van der Waals surface area (Å²) >= 11 is 0. The highest BCUT2D eigenvalue weighted by Gasteiger charge is 2.30. The number of carbonyl (C=O) groups excluding carboxylic acids is 1. The van der Waals surface area contributed by atoms with Crippen molar-refractivity contribution in [2.45, 2.75) is 45.3 Å². The number of amides is 1. The molecule has 0 aromatic heterocycles. The van der Waals surface area contributed by atoms with Gasteiger partial charge < -0.3 is 14.7 Å². The predicted molar refractivity (Wildman–Crippen MR) is 78.1 cm³/mol. The summed E-state index contributed by atoms with van der Waals surface area (Å²) in [5, 5.41) is 9.87. The van der Waals surface area contributed by atoms with Crippen molar-refractivity contribution in [3.63, 3.8) is 0 Å². The number of piperidine rings is 1. The van der Waals surface area contributed by atoms with Gasteiger partial charge >= 0.3 is 0 Å². The van der Waals surface area contributed by atoms with Crippen LogP contribution < -0.4 is 4.74 Å². The molecule has 2 atom stereocenters. The second kappa shape index (κ2) is 6.27. The number of methoxy groups -OCH3 is 1. The third kappa shape index (κ3) is 2.96. The molecule has 2 unspecified atom stereocenters. The van der Waals surface area contributed by atoms with Crippen LogP contribution in [0.5, 0.6) is 5.75 Å². The summed E-state index contributed by atoms with van der Waals surface area (Å²) in [7, 11) is 1.61. The second-order valence-corrected chi connectivity index (χ2v) is 5.49. The maximum Gasteiger partial charge on any atom is 0.254 e. The summed E-state index contributed by atoms with van der Waals surface area (Å²) in [6, 6.07) is 5.43. The summed E-state index contributed by atoms with van der Waals surface area (Å²) in [6.45, 7) is 4.42. The van der Waals surface area contributed by atoms with Gasteiger partial charge in [0, 0.05) is 12.1 Å². The van der Waals surface area contributed by atoms with Crippen molar-refractivity contribution in [2.24, 2.45) is 0 Å². The number of nitrogens with zero attached hydrogens (tertiary/aromatic N) is 1. The van der Waals surface area contributed by atoms with Gasteiger partial charge in [-0.15, -0.1) is 0 Å². The van der Waals surface area contributed by atoms with Crippen molar-refractivity contribution in [1.82, 2.24) is 4.90 Å². The standard InChI is InChI=1S/C16H23NO3/c1-11-7-8-13(10-15(11)20-3)16(19)17-9-5-4-6-14(17)12(2)18/h7-8,10,12,14,18H,4-6,9H2,1-3H3. The number of aliphatic hydroxyl groups excluding tert-OH is 1. The molecule has 0 bridgehead atoms. The lowest BCUT2D eigenvalue weighted by Crippen LogP contribution is -2.48. The Hall–Kier alpha value is -1.55. The van der Waals surface area contributed by atoms with Gasteiger partial charge in [-0.2, -0.15) is 0 Å². The van der Waals surface area contributed by atoms with Crippen molar-refractivity contribution in [2.75, 3.05) is 13.7 Å². The molecule has 2 rings (SSSR count). The molecule has 1 aliphatic heterocycles. The van der Waals surface area contributed by atoms with E-state index in [4.69, 9.17) is 4.74 Å². The molecule has 1 amide bonds. The van der Waals surface area contributed by atoms with Crippen LogP contribution in [0.4, 0.5) is 0 Å². The van der Waals surface area contributed by atoms with Crippen molar-refractivity contribution in [1.29, 1.82) is 0 Å². The van der Waals surface area contributed by atoms with Crippen LogP contribution in [0.1, 0.15) is 42.1 Å². The van der Waals surface area contributed by atoms with Crippen LogP contribution in [-0.2, 0) is 0 Å². The Bertz CT molecular complexity index is 485. The lowest BCUT2D eigenvalue weighted by Gasteiger charge is -2.37. The molecular formula is C16H23NO3. The van der Waals surface area contributed by atoms with Gasteiger partial charge in [0.15, 0.2) is 0 Å². The zero-order chi connectivity index (χ0) is 14.7. The van der Waals surface area contributed by atoms with E-state index in [0.29, 0.717) is 12.1 Å². The summed E-state index contributed by atoms with van der Waals surface area (Å²) in [5.74, 6) is 0.704. The zero-order valence-corrected chi connectivity index (χ0v) is 12.4. The van der Waals surface area contributed by atoms with Crippen LogP contribution in [0.3, 0.4) is 0 Å². The first-order chi connectivity index (χ1) is 9.54. The molecule has 4 nitrogen and oxygen atoms in total. The molecule has 20 heavy (non-hydrogen) atoms. The minimum atomic E-state index is -0.494. The third-order valence-electron chi connectivity index (χ3n) is 4.02. The average molecular weight is 277 g/mol. The van der Waals surface area contributed by atoms with E-state index in [2.05, 4.69) is 0 Å². The van der Waals surface area contributed by atoms with E-state index in [1.165, 1.54) is 0 Å². The number of rotatable bonds is 3. The van der Waals surface area contributed by atoms with Crippen LogP contribution >= 0.6 is 0 Å². The molecule has 1 saturated heterocycles. The molecule has 0 spiro atoms. The highest BCUT2D eigenvalue weighted by atomic mass is 16.5. The van der Waals surface area contributed by atoms with E-state index < -0.39 is 6.10 Å². The molecule has 4 heteroatoms. The first-order valence-corrected chi connectivity index (χ1v) is 7.18. The molecule has 1 aromatic rings. The monoisotopic (exact) mass is 277 g/mol. The molecule has 1 fully saturated rings. The molecule has 0 radical (unpaired) electrons. The van der Waals surface area contributed by atoms with Crippen LogP contribution in [0, 0.1) is 6.92 Å². The van der Waals surface area contributed by atoms with Crippen LogP contribution in [0.15, 0.2) is 18.2 Å². The van der Waals surface area contributed by atoms with Crippen molar-refractivity contribution in [3.8, 4) is 5.75 Å². The molecule has 1 N–H and O–H groups in total. The van der Waals surface area contributed by atoms with Crippen LogP contribution in [-0.4, -0.2) is 41.7 Å². The molecule has 0 saturated carbocycles. The quantitative estimate of drug-likeness (QED) is 0.923. The average Bonchev–Trinajstić information content (AvgIpc) is 2.47. The van der Waals surface area contributed by atoms with Gasteiger partial charge in [-0.1, -0.05) is 6.07 Å². The van der Waals surface area contributed by atoms with Crippen LogP contribution in [0.2, 0.25) is 0 Å². The highest BCUT2D eigenvalue weighted by Crippen LogP contribution is 2.25. The SMILES string of the molecule is COc1cc(C(=O)N2CCCCC2C(C)O)ccc1C. The van der Waals surface area contributed by atoms with Gasteiger partial charge in [-0.3, -0.25) is 4.79 Å². The lowest BCUT2D eigenvalue weighted by atomic mass is 9.97. The molecule has 1 aliphatic rings. The van der Waals surface area contributed by atoms with Gasteiger partial charge in [0.2, 0.25) is 0 Å². The maximum atomic E-state index is 12.7. The Kier molecular flexibility index (Phi) is 4.65. The minimum Gasteiger partial charge on any atom is -0.496 e. The number of carbonyl (C=O) groups is 1. The number of ether oxygens (including phenoxy) is 1. The fourth-order valence-electron chi connectivity index (χ4n) is 2.83. The first-order valence-electron chi connectivity index (χ1n) is 7.18. The largest absolute Gasteiger partial charge is 0.496 e. The molecule has 0 aliphatic carbocycles. The molecule has 1 aromatic carbocycles. The van der Waals surface area contributed by atoms with Crippen LogP contribution in [0.25, 0.3) is 0 Å². The third-order valence-corrected chi connectivity index (χ3v) is 4.02.